The molecule has 0 N–H and O–H groups in total. The summed E-state index contributed by atoms with van der Waals surface area (Å²) < 4.78 is 13.7. The number of thiazole rings is 1. The highest BCUT2D eigenvalue weighted by Crippen LogP contribution is 2.33. The van der Waals surface area contributed by atoms with Crippen LogP contribution in [0.1, 0.15) is 24.8 Å². The molecule has 2 aromatic rings. The molecule has 4 rings (SSSR count). The third kappa shape index (κ3) is 2.61. The zero-order valence-electron chi connectivity index (χ0n) is 12.7. The predicted molar refractivity (Wildman–Crippen MR) is 89.6 cm³/mol. The number of anilines is 2. The molecular formula is C17H18FN3OS. The molecule has 3 heterocycles. The number of carbonyl (C=O) groups excluding carboxylic acids is 1. The predicted octanol–water partition coefficient (Wildman–Crippen LogP) is 3.23. The van der Waals surface area contributed by atoms with Gasteiger partial charge in [0.2, 0.25) is 5.91 Å². The van der Waals surface area contributed by atoms with E-state index in [1.165, 1.54) is 12.1 Å². The fourth-order valence-corrected chi connectivity index (χ4v) is 4.29. The van der Waals surface area contributed by atoms with Gasteiger partial charge >= 0.3 is 0 Å². The fourth-order valence-electron chi connectivity index (χ4n) is 3.57. The Morgan fingerprint density at radius 2 is 2.22 bits per heavy atom. The topological polar surface area (TPSA) is 36.4 Å². The molecule has 2 aliphatic heterocycles. The summed E-state index contributed by atoms with van der Waals surface area (Å²) in [5.74, 6) is -0.212. The summed E-state index contributed by atoms with van der Waals surface area (Å²) in [4.78, 5) is 21.3. The molecule has 0 unspecified atom stereocenters. The Balaban J connectivity index is 1.64. The molecule has 1 saturated heterocycles. The average Bonchev–Trinajstić information content (AvgIpc) is 3.24. The summed E-state index contributed by atoms with van der Waals surface area (Å²) in [6.45, 7) is 1.52. The molecular weight excluding hydrogens is 313 g/mol. The van der Waals surface area contributed by atoms with Crippen molar-refractivity contribution in [3.8, 4) is 0 Å². The van der Waals surface area contributed by atoms with Gasteiger partial charge in [-0.25, -0.2) is 9.37 Å². The molecule has 0 spiro atoms. The molecule has 2 aliphatic rings. The second kappa shape index (κ2) is 5.92. The first-order valence-corrected chi connectivity index (χ1v) is 8.88. The van der Waals surface area contributed by atoms with E-state index in [9.17, 15) is 9.18 Å². The van der Waals surface area contributed by atoms with Crippen LogP contribution in [0.15, 0.2) is 29.8 Å². The molecule has 4 nitrogen and oxygen atoms in total. The van der Waals surface area contributed by atoms with Gasteiger partial charge < -0.3 is 9.80 Å². The normalized spacial score (nSPS) is 20.7. The minimum atomic E-state index is -0.286. The molecule has 1 amide bonds. The Morgan fingerprint density at radius 3 is 3.04 bits per heavy atom. The summed E-state index contributed by atoms with van der Waals surface area (Å²) in [7, 11) is 0. The molecule has 6 heteroatoms. The van der Waals surface area contributed by atoms with E-state index in [-0.39, 0.29) is 17.8 Å². The minimum absolute atomic E-state index is 0.0734. The molecule has 1 aromatic carbocycles. The highest BCUT2D eigenvalue weighted by atomic mass is 32.1. The number of fused-ring (bicyclic) bond motifs is 1. The van der Waals surface area contributed by atoms with Crippen molar-refractivity contribution >= 4 is 28.1 Å². The van der Waals surface area contributed by atoms with Gasteiger partial charge in [-0.2, -0.15) is 0 Å². The van der Waals surface area contributed by atoms with Crippen LogP contribution < -0.4 is 9.80 Å². The van der Waals surface area contributed by atoms with Crippen LogP contribution in [0.4, 0.5) is 15.2 Å². The molecule has 0 radical (unpaired) electrons. The van der Waals surface area contributed by atoms with E-state index in [0.29, 0.717) is 6.54 Å². The Kier molecular flexibility index (Phi) is 3.77. The van der Waals surface area contributed by atoms with Crippen LogP contribution in [0.25, 0.3) is 0 Å². The Labute approximate surface area is 138 Å². The summed E-state index contributed by atoms with van der Waals surface area (Å²) >= 11 is 1.56. The van der Waals surface area contributed by atoms with Gasteiger partial charge in [0.25, 0.3) is 0 Å². The molecule has 0 bridgehead atoms. The lowest BCUT2D eigenvalue weighted by molar-refractivity contribution is -0.119. The largest absolute Gasteiger partial charge is 0.336 e. The van der Waals surface area contributed by atoms with E-state index < -0.39 is 0 Å². The van der Waals surface area contributed by atoms with Crippen LogP contribution in [-0.2, 0) is 11.2 Å². The van der Waals surface area contributed by atoms with Gasteiger partial charge in [0, 0.05) is 30.4 Å². The second-order valence-electron chi connectivity index (χ2n) is 6.03. The summed E-state index contributed by atoms with van der Waals surface area (Å²) in [5, 5.41) is 2.83. The van der Waals surface area contributed by atoms with Gasteiger partial charge in [-0.3, -0.25) is 4.79 Å². The number of rotatable bonds is 2. The molecule has 0 saturated carbocycles. The van der Waals surface area contributed by atoms with Gasteiger partial charge in [-0.05, 0) is 43.4 Å². The third-order valence-electron chi connectivity index (χ3n) is 4.63. The summed E-state index contributed by atoms with van der Waals surface area (Å²) in [6, 6.07) is 4.59. The number of hydrogen-bond donors (Lipinski definition) is 0. The lowest BCUT2D eigenvalue weighted by Gasteiger charge is -2.34. The SMILES string of the molecule is O=C([C@H]1CCCN1c1nccs1)N1CCCc2ccc(F)cc21. The van der Waals surface area contributed by atoms with E-state index in [1.54, 1.807) is 28.5 Å². The summed E-state index contributed by atoms with van der Waals surface area (Å²) in [5.41, 5.74) is 1.80. The molecule has 0 aliphatic carbocycles. The monoisotopic (exact) mass is 331 g/mol. The number of aryl methyl sites for hydroxylation is 1. The second-order valence-corrected chi connectivity index (χ2v) is 6.91. The molecule has 1 fully saturated rings. The van der Waals surface area contributed by atoms with E-state index >= 15 is 0 Å². The van der Waals surface area contributed by atoms with Crippen molar-refractivity contribution in [3.63, 3.8) is 0 Å². The maximum atomic E-state index is 13.7. The van der Waals surface area contributed by atoms with Crippen molar-refractivity contribution in [1.29, 1.82) is 0 Å². The average molecular weight is 331 g/mol. The number of benzene rings is 1. The van der Waals surface area contributed by atoms with Gasteiger partial charge in [0.1, 0.15) is 11.9 Å². The molecule has 23 heavy (non-hydrogen) atoms. The van der Waals surface area contributed by atoms with Crippen LogP contribution >= 0.6 is 11.3 Å². The molecule has 120 valence electrons. The number of carbonyl (C=O) groups is 1. The smallest absolute Gasteiger partial charge is 0.249 e. The lowest BCUT2D eigenvalue weighted by Crippen LogP contribution is -2.47. The first-order valence-electron chi connectivity index (χ1n) is 8.00. The molecule has 1 atom stereocenters. The van der Waals surface area contributed by atoms with E-state index in [2.05, 4.69) is 9.88 Å². The molecule has 1 aromatic heterocycles. The number of hydrogen-bond acceptors (Lipinski definition) is 4. The zero-order chi connectivity index (χ0) is 15.8. The van der Waals surface area contributed by atoms with Crippen molar-refractivity contribution in [1.82, 2.24) is 4.98 Å². The minimum Gasteiger partial charge on any atom is -0.336 e. The Morgan fingerprint density at radius 1 is 1.30 bits per heavy atom. The number of nitrogens with zero attached hydrogens (tertiary/aromatic N) is 3. The fraction of sp³-hybridized carbons (Fsp3) is 0.412. The van der Waals surface area contributed by atoms with Gasteiger partial charge in [0.15, 0.2) is 5.13 Å². The van der Waals surface area contributed by atoms with Crippen LogP contribution in [0.3, 0.4) is 0 Å². The van der Waals surface area contributed by atoms with Gasteiger partial charge in [-0.1, -0.05) is 6.07 Å². The number of amides is 1. The Bertz CT molecular complexity index is 719. The van der Waals surface area contributed by atoms with Gasteiger partial charge in [0.05, 0.1) is 0 Å². The number of aromatic nitrogens is 1. The first kappa shape index (κ1) is 14.6. The van der Waals surface area contributed by atoms with Crippen molar-refractivity contribution in [2.45, 2.75) is 31.7 Å². The maximum absolute atomic E-state index is 13.7. The third-order valence-corrected chi connectivity index (χ3v) is 5.44. The summed E-state index contributed by atoms with van der Waals surface area (Å²) in [6.07, 6.45) is 5.42. The highest BCUT2D eigenvalue weighted by Gasteiger charge is 2.36. The Hall–Kier alpha value is -1.95. The van der Waals surface area contributed by atoms with Crippen LogP contribution in [0.2, 0.25) is 0 Å². The lowest BCUT2D eigenvalue weighted by atomic mass is 10.0. The van der Waals surface area contributed by atoms with Crippen LogP contribution in [-0.4, -0.2) is 30.0 Å². The number of halogens is 1. The van der Waals surface area contributed by atoms with Crippen LogP contribution in [0.5, 0.6) is 0 Å². The van der Waals surface area contributed by atoms with Crippen molar-refractivity contribution in [2.24, 2.45) is 0 Å². The maximum Gasteiger partial charge on any atom is 0.249 e. The van der Waals surface area contributed by atoms with Crippen molar-refractivity contribution in [3.05, 3.63) is 41.2 Å². The quantitative estimate of drug-likeness (QED) is 0.848. The van der Waals surface area contributed by atoms with Crippen molar-refractivity contribution in [2.75, 3.05) is 22.9 Å². The highest BCUT2D eigenvalue weighted by molar-refractivity contribution is 7.13. The van der Waals surface area contributed by atoms with Gasteiger partial charge in [-0.15, -0.1) is 11.3 Å². The van der Waals surface area contributed by atoms with Crippen LogP contribution in [0, 0.1) is 5.82 Å². The van der Waals surface area contributed by atoms with E-state index in [1.807, 2.05) is 5.38 Å². The standard InChI is InChI=1S/C17H18FN3OS/c18-13-6-5-12-3-1-8-20(15(12)11-13)16(22)14-4-2-9-21(14)17-19-7-10-23-17/h5-7,10-11,14H,1-4,8-9H2/t14-/m1/s1. The van der Waals surface area contributed by atoms with E-state index in [0.717, 1.165) is 48.6 Å². The van der Waals surface area contributed by atoms with Crippen molar-refractivity contribution < 1.29 is 9.18 Å². The zero-order valence-corrected chi connectivity index (χ0v) is 13.6. The first-order chi connectivity index (χ1) is 11.2. The van der Waals surface area contributed by atoms with E-state index in [4.69, 9.17) is 0 Å².